The van der Waals surface area contributed by atoms with Crippen molar-refractivity contribution in [1.82, 2.24) is 20.7 Å². The van der Waals surface area contributed by atoms with E-state index in [9.17, 15) is 23.5 Å². The van der Waals surface area contributed by atoms with Gasteiger partial charge in [-0.1, -0.05) is 5.04 Å². The molecule has 0 spiro atoms. The lowest BCUT2D eigenvalue weighted by molar-refractivity contribution is -0.479. The quantitative estimate of drug-likeness (QED) is 0.0806. The molecule has 0 bridgehead atoms. The molecule has 4 saturated carbocycles. The molecule has 280 valence electrons. The Kier molecular flexibility index (Phi) is 11.4. The molecule has 22 heteroatoms. The number of nitriles is 2. The number of fused-ring (bicyclic) bond motifs is 9. The number of thiol groups is 1. The minimum Gasteiger partial charge on any atom is -0.285 e. The Balaban J connectivity index is 1.27. The number of azo groups is 2. The lowest BCUT2D eigenvalue weighted by Gasteiger charge is -2.46. The van der Waals surface area contributed by atoms with Crippen LogP contribution in [-0.2, 0) is 34.2 Å². The van der Waals surface area contributed by atoms with Crippen LogP contribution < -0.4 is 10.6 Å². The van der Waals surface area contributed by atoms with Crippen molar-refractivity contribution < 1.29 is 37.0 Å². The van der Waals surface area contributed by atoms with Gasteiger partial charge in [-0.3, -0.25) is 19.6 Å². The second-order valence-corrected chi connectivity index (χ2v) is 16.3. The molecule has 16 atom stereocenters. The fourth-order valence-corrected chi connectivity index (χ4v) is 10.5. The molecule has 3 heterocycles. The van der Waals surface area contributed by atoms with Crippen molar-refractivity contribution >= 4 is 23.0 Å². The summed E-state index contributed by atoms with van der Waals surface area (Å²) >= 11 is 3.58. The molecule has 16 unspecified atom stereocenters. The number of nitrogens with one attached hydrogen (secondary N) is 2. The molecule has 20 nitrogen and oxygen atoms in total. The molecule has 0 aromatic heterocycles. The highest BCUT2D eigenvalue weighted by atomic mass is 32.2. The van der Waals surface area contributed by atoms with Crippen molar-refractivity contribution in [2.75, 3.05) is 0 Å². The smallest absolute Gasteiger partial charge is 0.285 e. The highest BCUT2D eigenvalue weighted by molar-refractivity contribution is 7.86. The molecular weight excluding hydrogens is 721 g/mol. The summed E-state index contributed by atoms with van der Waals surface area (Å²) in [4.78, 5) is 25.3. The van der Waals surface area contributed by atoms with Crippen LogP contribution in [0.1, 0.15) is 64.2 Å². The van der Waals surface area contributed by atoms with Crippen LogP contribution in [-0.4, -0.2) is 95.6 Å². The largest absolute Gasteiger partial charge is 0.384 e. The molecular formula is C30H40N12O8S2. The number of hydrogen-bond donors (Lipinski definition) is 4. The number of nitrogens with zero attached hydrogens (tertiary/aromatic N) is 10. The van der Waals surface area contributed by atoms with E-state index in [4.69, 9.17) is 38.0 Å². The topological polar surface area (TPSA) is 237 Å². The monoisotopic (exact) mass is 760 g/mol. The average Bonchev–Trinajstić information content (AvgIpc) is 3.69. The van der Waals surface area contributed by atoms with Crippen molar-refractivity contribution in [2.24, 2.45) is 44.1 Å². The van der Waals surface area contributed by atoms with Gasteiger partial charge in [0.2, 0.25) is 6.29 Å². The van der Waals surface area contributed by atoms with Gasteiger partial charge in [0.05, 0.1) is 23.5 Å². The summed E-state index contributed by atoms with van der Waals surface area (Å²) in [7, 11) is -4.22. The van der Waals surface area contributed by atoms with Crippen LogP contribution in [0.25, 0.3) is 9.69 Å². The first-order valence-electron chi connectivity index (χ1n) is 17.5. The first-order chi connectivity index (χ1) is 25.2. The van der Waals surface area contributed by atoms with Gasteiger partial charge in [0.15, 0.2) is 6.29 Å². The van der Waals surface area contributed by atoms with Gasteiger partial charge in [0.25, 0.3) is 10.1 Å². The van der Waals surface area contributed by atoms with Gasteiger partial charge >= 0.3 is 12.3 Å². The summed E-state index contributed by atoms with van der Waals surface area (Å²) in [6.07, 6.45) is -0.192. The van der Waals surface area contributed by atoms with E-state index in [1.807, 2.05) is 0 Å². The molecule has 7 rings (SSSR count). The zero-order chi connectivity index (χ0) is 36.6. The number of hydrogen-bond acceptors (Lipinski definition) is 18. The lowest BCUT2D eigenvalue weighted by Crippen LogP contribution is -2.56. The SMILES string of the molecule is [C-]#[N+]C1NC2N=NC3C(CCC4CC(S(=O)(=O)O)CCC43)OOC3CCC4CC(OOOS)CCC4C3N=NC3NC(C#N)C(C#N)N3N2C1[N+]#[C-]. The fraction of sp³-hybridized carbons (Fsp3) is 0.867. The molecule has 7 aliphatic rings. The third-order valence-corrected chi connectivity index (χ3v) is 13.3. The van der Waals surface area contributed by atoms with Gasteiger partial charge < -0.3 is 0 Å². The summed E-state index contributed by atoms with van der Waals surface area (Å²) in [6.45, 7) is 15.9. The Bertz CT molecular complexity index is 1670. The molecule has 0 aromatic rings. The van der Waals surface area contributed by atoms with E-state index in [2.05, 4.69) is 65.0 Å². The van der Waals surface area contributed by atoms with Crippen molar-refractivity contribution in [3.8, 4) is 12.1 Å². The molecule has 4 aliphatic carbocycles. The van der Waals surface area contributed by atoms with E-state index in [0.29, 0.717) is 44.9 Å². The predicted molar refractivity (Wildman–Crippen MR) is 176 cm³/mol. The predicted octanol–water partition coefficient (Wildman–Crippen LogP) is 2.66. The zero-order valence-electron chi connectivity index (χ0n) is 27.9. The van der Waals surface area contributed by atoms with E-state index >= 15 is 0 Å². The zero-order valence-corrected chi connectivity index (χ0v) is 29.7. The third-order valence-electron chi connectivity index (χ3n) is 11.9. The van der Waals surface area contributed by atoms with Crippen LogP contribution in [0.3, 0.4) is 0 Å². The van der Waals surface area contributed by atoms with Crippen molar-refractivity contribution in [1.29, 1.82) is 10.5 Å². The van der Waals surface area contributed by atoms with Gasteiger partial charge in [0, 0.05) is 12.9 Å². The van der Waals surface area contributed by atoms with Crippen LogP contribution in [0, 0.1) is 59.5 Å². The molecule has 0 amide bonds. The molecule has 0 radical (unpaired) electrons. The fourth-order valence-electron chi connectivity index (χ4n) is 9.50. The third kappa shape index (κ3) is 7.16. The molecule has 0 aromatic carbocycles. The number of hydrazine groups is 1. The maximum absolute atomic E-state index is 12.1. The number of rotatable bonds is 4. The summed E-state index contributed by atoms with van der Waals surface area (Å²) in [5.74, 6) is -0.0545. The minimum absolute atomic E-state index is 0.00905. The molecule has 3 N–H and O–H groups in total. The Morgan fingerprint density at radius 2 is 1.46 bits per heavy atom. The molecule has 2 saturated heterocycles. The Labute approximate surface area is 306 Å². The van der Waals surface area contributed by atoms with Crippen LogP contribution >= 0.6 is 12.9 Å². The lowest BCUT2D eigenvalue weighted by atomic mass is 9.67. The van der Waals surface area contributed by atoms with E-state index < -0.39 is 76.7 Å². The standard InChI is InChI=1S/C30H40N12O8S2/c1-33-27-28(34-2)42-30(36-27)40-38-26-20-8-6-18(52(43,44)45)12-16(20)4-10-24(26)48-47-23-9-3-15-11-17(46-49-50-51)5-7-19(15)25(23)37-39-29-35-21(13-31)22(14-32)41(29)42/h15-30,35-36,51H,3-12H2,(H,43,44,45). The van der Waals surface area contributed by atoms with Crippen molar-refractivity contribution in [3.05, 3.63) is 22.8 Å². The first kappa shape index (κ1) is 37.4. The van der Waals surface area contributed by atoms with Crippen LogP contribution in [0.2, 0.25) is 0 Å². The summed E-state index contributed by atoms with van der Waals surface area (Å²) in [5, 5.41) is 52.2. The average molecular weight is 761 g/mol. The summed E-state index contributed by atoms with van der Waals surface area (Å²) in [5.41, 5.74) is 0. The van der Waals surface area contributed by atoms with Gasteiger partial charge in [0.1, 0.15) is 36.4 Å². The first-order valence-corrected chi connectivity index (χ1v) is 19.4. The minimum atomic E-state index is -4.22. The van der Waals surface area contributed by atoms with Crippen LogP contribution in [0.5, 0.6) is 0 Å². The molecule has 6 fully saturated rings. The van der Waals surface area contributed by atoms with E-state index in [1.165, 1.54) is 10.0 Å². The highest BCUT2D eigenvalue weighted by Crippen LogP contribution is 2.47. The normalized spacial score (nSPS) is 45.2. The van der Waals surface area contributed by atoms with E-state index in [1.54, 1.807) is 0 Å². The Morgan fingerprint density at radius 1 is 0.827 bits per heavy atom. The maximum Gasteiger partial charge on any atom is 0.384 e. The van der Waals surface area contributed by atoms with Gasteiger partial charge in [-0.05, 0) is 87.9 Å². The summed E-state index contributed by atoms with van der Waals surface area (Å²) in [6, 6.07) is 1.08. The molecule has 3 aliphatic heterocycles. The van der Waals surface area contributed by atoms with E-state index in [0.717, 1.165) is 6.42 Å². The highest BCUT2D eigenvalue weighted by Gasteiger charge is 2.60. The van der Waals surface area contributed by atoms with E-state index in [-0.39, 0.29) is 42.6 Å². The van der Waals surface area contributed by atoms with Gasteiger partial charge in [-0.2, -0.15) is 44.4 Å². The van der Waals surface area contributed by atoms with Crippen molar-refractivity contribution in [2.45, 2.75) is 137 Å². The second kappa shape index (κ2) is 15.8. The second-order valence-electron chi connectivity index (χ2n) is 14.5. The molecule has 52 heavy (non-hydrogen) atoms. The van der Waals surface area contributed by atoms with Gasteiger partial charge in [-0.15, -0.1) is 9.34 Å². The van der Waals surface area contributed by atoms with Crippen molar-refractivity contribution in [3.63, 3.8) is 0 Å². The maximum atomic E-state index is 12.1. The Hall–Kier alpha value is -2.94. The van der Waals surface area contributed by atoms with Crippen LogP contribution in [0.4, 0.5) is 0 Å². The van der Waals surface area contributed by atoms with Gasteiger partial charge in [-0.25, -0.2) is 33.1 Å². The summed E-state index contributed by atoms with van der Waals surface area (Å²) < 4.78 is 38.4. The Morgan fingerprint density at radius 3 is 2.04 bits per heavy atom. The van der Waals surface area contributed by atoms with Crippen LogP contribution in [0.15, 0.2) is 20.5 Å².